The maximum Gasteiger partial charge on any atom is 0.244 e. The largest absolute Gasteiger partial charge is 0.326 e. The second kappa shape index (κ2) is 10.2. The molecule has 1 saturated heterocycles. The lowest BCUT2D eigenvalue weighted by Gasteiger charge is -2.25. The highest BCUT2D eigenvalue weighted by atomic mass is 32.2. The van der Waals surface area contributed by atoms with E-state index in [1.165, 1.54) is 22.3 Å². The Bertz CT molecular complexity index is 984. The summed E-state index contributed by atoms with van der Waals surface area (Å²) in [6.45, 7) is 2.87. The number of rotatable bonds is 8. The van der Waals surface area contributed by atoms with Crippen LogP contribution >= 0.6 is 11.8 Å². The number of carbonyl (C=O) groups is 2. The summed E-state index contributed by atoms with van der Waals surface area (Å²) in [4.78, 5) is 28.2. The molecular formula is C21H25N3O4S2. The molecule has 0 unspecified atom stereocenters. The van der Waals surface area contributed by atoms with E-state index >= 15 is 0 Å². The topological polar surface area (TPSA) is 96.4 Å². The van der Waals surface area contributed by atoms with Crippen molar-refractivity contribution in [1.82, 2.24) is 9.29 Å². The zero-order valence-corrected chi connectivity index (χ0v) is 18.5. The van der Waals surface area contributed by atoms with Crippen molar-refractivity contribution in [2.45, 2.75) is 42.5 Å². The number of carbonyl (C=O) groups excluding carboxylic acids is 2. The summed E-state index contributed by atoms with van der Waals surface area (Å²) in [5, 5.41) is 3.33. The Balaban J connectivity index is 1.57. The first-order valence-corrected chi connectivity index (χ1v) is 12.3. The Morgan fingerprint density at radius 3 is 2.37 bits per heavy atom. The zero-order valence-electron chi connectivity index (χ0n) is 16.8. The third-order valence-electron chi connectivity index (χ3n) is 4.82. The molecule has 0 radical (unpaired) electrons. The summed E-state index contributed by atoms with van der Waals surface area (Å²) in [6, 6.07) is 9.94. The molecule has 0 aliphatic carbocycles. The second-order valence-corrected chi connectivity index (χ2v) is 9.92. The lowest BCUT2D eigenvalue weighted by Crippen LogP contribution is -2.35. The van der Waals surface area contributed by atoms with Gasteiger partial charge in [-0.1, -0.05) is 25.1 Å². The second-order valence-electron chi connectivity index (χ2n) is 6.99. The van der Waals surface area contributed by atoms with Crippen LogP contribution in [-0.4, -0.2) is 48.2 Å². The molecule has 0 atom stereocenters. The highest BCUT2D eigenvalue weighted by Crippen LogP contribution is 2.23. The van der Waals surface area contributed by atoms with Crippen molar-refractivity contribution in [3.8, 4) is 0 Å². The summed E-state index contributed by atoms with van der Waals surface area (Å²) < 4.78 is 26.8. The predicted molar refractivity (Wildman–Crippen MR) is 117 cm³/mol. The number of ketones is 1. The Labute approximate surface area is 181 Å². The first kappa shape index (κ1) is 22.5. The van der Waals surface area contributed by atoms with E-state index in [1.807, 2.05) is 0 Å². The highest BCUT2D eigenvalue weighted by Gasteiger charge is 2.26. The fourth-order valence-corrected chi connectivity index (χ4v) is 5.27. The van der Waals surface area contributed by atoms with Crippen LogP contribution in [0.25, 0.3) is 0 Å². The van der Waals surface area contributed by atoms with E-state index in [4.69, 9.17) is 0 Å². The molecule has 0 bridgehead atoms. The Hall–Kier alpha value is -2.23. The van der Waals surface area contributed by atoms with Crippen LogP contribution < -0.4 is 5.32 Å². The molecule has 3 rings (SSSR count). The summed E-state index contributed by atoms with van der Waals surface area (Å²) in [5.74, 6) is 0.0351. The first-order chi connectivity index (χ1) is 14.4. The molecule has 1 aliphatic rings. The van der Waals surface area contributed by atoms with Gasteiger partial charge >= 0.3 is 0 Å². The SMILES string of the molecule is CCC(=O)Nc1ccc(C(=O)CSc2ccc(S(=O)(=O)N3CCCCC3)cn2)cc1. The van der Waals surface area contributed by atoms with Crippen LogP contribution in [0.5, 0.6) is 0 Å². The van der Waals surface area contributed by atoms with Crippen molar-refractivity contribution >= 4 is 39.2 Å². The quantitative estimate of drug-likeness (QED) is 0.491. The van der Waals surface area contributed by atoms with Gasteiger partial charge in [0, 0.05) is 37.0 Å². The number of nitrogens with one attached hydrogen (secondary N) is 1. The Kier molecular flexibility index (Phi) is 7.63. The van der Waals surface area contributed by atoms with E-state index in [1.54, 1.807) is 43.3 Å². The maximum atomic E-state index is 12.7. The van der Waals surface area contributed by atoms with Crippen molar-refractivity contribution < 1.29 is 18.0 Å². The number of benzene rings is 1. The van der Waals surface area contributed by atoms with Crippen molar-refractivity contribution in [2.75, 3.05) is 24.2 Å². The molecule has 160 valence electrons. The normalized spacial score (nSPS) is 15.0. The Morgan fingerprint density at radius 2 is 1.77 bits per heavy atom. The molecule has 30 heavy (non-hydrogen) atoms. The van der Waals surface area contributed by atoms with E-state index in [0.29, 0.717) is 35.8 Å². The van der Waals surface area contributed by atoms with Gasteiger partial charge in [-0.25, -0.2) is 13.4 Å². The molecule has 1 aromatic carbocycles. The average Bonchev–Trinajstić information content (AvgIpc) is 2.78. The molecule has 1 N–H and O–H groups in total. The minimum Gasteiger partial charge on any atom is -0.326 e. The highest BCUT2D eigenvalue weighted by molar-refractivity contribution is 7.99. The van der Waals surface area contributed by atoms with Gasteiger partial charge in [-0.05, 0) is 49.2 Å². The summed E-state index contributed by atoms with van der Waals surface area (Å²) >= 11 is 1.26. The van der Waals surface area contributed by atoms with Crippen LogP contribution in [0.15, 0.2) is 52.5 Å². The number of aromatic nitrogens is 1. The van der Waals surface area contributed by atoms with Gasteiger partial charge in [-0.3, -0.25) is 9.59 Å². The number of anilines is 1. The fourth-order valence-electron chi connectivity index (χ4n) is 3.07. The van der Waals surface area contributed by atoms with Crippen molar-refractivity contribution in [2.24, 2.45) is 0 Å². The predicted octanol–water partition coefficient (Wildman–Crippen LogP) is 3.58. The molecule has 1 aliphatic heterocycles. The standard InChI is InChI=1S/C21H25N3O4S2/c1-2-20(26)23-17-8-6-16(7-9-17)19(25)15-29-21-11-10-18(14-22-21)30(27,28)24-12-4-3-5-13-24/h6-11,14H,2-5,12-13,15H2,1H3,(H,23,26). The average molecular weight is 448 g/mol. The molecule has 0 saturated carbocycles. The molecule has 7 nitrogen and oxygen atoms in total. The summed E-state index contributed by atoms with van der Waals surface area (Å²) in [5.41, 5.74) is 1.19. The molecule has 1 aromatic heterocycles. The molecule has 0 spiro atoms. The van der Waals surface area contributed by atoms with Crippen LogP contribution in [0.4, 0.5) is 5.69 Å². The van der Waals surface area contributed by atoms with E-state index in [-0.39, 0.29) is 22.3 Å². The summed E-state index contributed by atoms with van der Waals surface area (Å²) in [6.07, 6.45) is 4.58. The number of pyridine rings is 1. The van der Waals surface area contributed by atoms with Crippen LogP contribution in [0.3, 0.4) is 0 Å². The molecule has 1 amide bonds. The third kappa shape index (κ3) is 5.68. The van der Waals surface area contributed by atoms with Gasteiger partial charge in [-0.15, -0.1) is 0 Å². The maximum absolute atomic E-state index is 12.7. The molecule has 2 heterocycles. The van der Waals surface area contributed by atoms with Gasteiger partial charge in [0.1, 0.15) is 4.90 Å². The van der Waals surface area contributed by atoms with Crippen molar-refractivity contribution in [1.29, 1.82) is 0 Å². The minimum atomic E-state index is -3.50. The van der Waals surface area contributed by atoms with Gasteiger partial charge in [0.15, 0.2) is 5.78 Å². The molecule has 9 heteroatoms. The number of hydrogen-bond acceptors (Lipinski definition) is 6. The van der Waals surface area contributed by atoms with Crippen LogP contribution in [-0.2, 0) is 14.8 Å². The van der Waals surface area contributed by atoms with Gasteiger partial charge in [0.05, 0.1) is 10.8 Å². The molecule has 2 aromatic rings. The smallest absolute Gasteiger partial charge is 0.244 e. The van der Waals surface area contributed by atoms with E-state index in [2.05, 4.69) is 10.3 Å². The van der Waals surface area contributed by atoms with Crippen LogP contribution in [0, 0.1) is 0 Å². The molecular weight excluding hydrogens is 422 g/mol. The van der Waals surface area contributed by atoms with E-state index in [0.717, 1.165) is 19.3 Å². The lowest BCUT2D eigenvalue weighted by molar-refractivity contribution is -0.115. The number of thioether (sulfide) groups is 1. The molecule has 1 fully saturated rings. The van der Waals surface area contributed by atoms with Gasteiger partial charge in [0.2, 0.25) is 15.9 Å². The van der Waals surface area contributed by atoms with Gasteiger partial charge < -0.3 is 5.32 Å². The Morgan fingerprint density at radius 1 is 1.07 bits per heavy atom. The third-order valence-corrected chi connectivity index (χ3v) is 7.65. The van der Waals surface area contributed by atoms with E-state index < -0.39 is 10.0 Å². The number of Topliss-reactive ketones (excluding diaryl/α,β-unsaturated/α-hetero) is 1. The first-order valence-electron chi connectivity index (χ1n) is 9.92. The fraction of sp³-hybridized carbons (Fsp3) is 0.381. The van der Waals surface area contributed by atoms with Gasteiger partial charge in [0.25, 0.3) is 0 Å². The zero-order chi connectivity index (χ0) is 21.6. The van der Waals surface area contributed by atoms with Crippen LogP contribution in [0.1, 0.15) is 43.0 Å². The lowest BCUT2D eigenvalue weighted by atomic mass is 10.1. The number of piperidine rings is 1. The minimum absolute atomic E-state index is 0.0693. The monoisotopic (exact) mass is 447 g/mol. The number of sulfonamides is 1. The number of amides is 1. The van der Waals surface area contributed by atoms with Crippen molar-refractivity contribution in [3.63, 3.8) is 0 Å². The number of hydrogen-bond donors (Lipinski definition) is 1. The number of nitrogens with zero attached hydrogens (tertiary/aromatic N) is 2. The van der Waals surface area contributed by atoms with E-state index in [9.17, 15) is 18.0 Å². The summed E-state index contributed by atoms with van der Waals surface area (Å²) in [7, 11) is -3.50. The van der Waals surface area contributed by atoms with Crippen molar-refractivity contribution in [3.05, 3.63) is 48.2 Å². The van der Waals surface area contributed by atoms with Crippen LogP contribution in [0.2, 0.25) is 0 Å². The van der Waals surface area contributed by atoms with Gasteiger partial charge in [-0.2, -0.15) is 4.31 Å².